The van der Waals surface area contributed by atoms with Crippen molar-refractivity contribution < 1.29 is 19.1 Å². The van der Waals surface area contributed by atoms with E-state index in [4.69, 9.17) is 4.74 Å². The first-order chi connectivity index (χ1) is 15.6. The lowest BCUT2D eigenvalue weighted by molar-refractivity contribution is -0.150. The van der Waals surface area contributed by atoms with E-state index in [1.807, 2.05) is 48.5 Å². The first-order valence-electron chi connectivity index (χ1n) is 10.5. The van der Waals surface area contributed by atoms with Crippen LogP contribution < -0.4 is 5.43 Å². The van der Waals surface area contributed by atoms with Gasteiger partial charge >= 0.3 is 5.97 Å². The molecule has 1 N–H and O–H groups in total. The molecule has 4 rings (SSSR count). The monoisotopic (exact) mass is 471 g/mol. The number of esters is 1. The topological polar surface area (TPSA) is 79.0 Å². The Morgan fingerprint density at radius 2 is 1.69 bits per heavy atom. The Bertz CT molecular complexity index is 960. The zero-order chi connectivity index (χ0) is 22.5. The minimum atomic E-state index is -0.661. The van der Waals surface area contributed by atoms with E-state index in [0.29, 0.717) is 29.6 Å². The summed E-state index contributed by atoms with van der Waals surface area (Å²) < 4.78 is 5.14. The van der Waals surface area contributed by atoms with Crippen molar-refractivity contribution in [3.63, 3.8) is 0 Å². The van der Waals surface area contributed by atoms with Gasteiger partial charge < -0.3 is 9.64 Å². The van der Waals surface area contributed by atoms with E-state index in [0.717, 1.165) is 5.56 Å². The Balaban J connectivity index is 1.56. The van der Waals surface area contributed by atoms with E-state index in [-0.39, 0.29) is 23.2 Å². The number of amides is 2. The number of rotatable bonds is 6. The fraction of sp³-hybridized carbons (Fsp3) is 0.348. The molecule has 0 radical (unpaired) electrons. The first-order valence-corrected chi connectivity index (χ1v) is 12.7. The van der Waals surface area contributed by atoms with Gasteiger partial charge in [0.1, 0.15) is 17.5 Å². The van der Waals surface area contributed by atoms with E-state index in [1.54, 1.807) is 52.5 Å². The molecule has 2 heterocycles. The summed E-state index contributed by atoms with van der Waals surface area (Å²) in [5.41, 5.74) is 4.39. The average Bonchev–Trinajstić information content (AvgIpc) is 3.47. The van der Waals surface area contributed by atoms with E-state index >= 15 is 0 Å². The van der Waals surface area contributed by atoms with Crippen LogP contribution in [0.5, 0.6) is 0 Å². The molecule has 0 spiro atoms. The second-order valence-corrected chi connectivity index (χ2v) is 9.52. The SMILES string of the molecule is CCOC(=O)[C@@H]1CSCN1NC(=O)[C@@H]1CS[C@H](c2ccccc2)N1C(=O)c1ccccc1. The minimum Gasteiger partial charge on any atom is -0.465 e. The molecule has 0 bridgehead atoms. The molecule has 2 aliphatic heterocycles. The van der Waals surface area contributed by atoms with Gasteiger partial charge in [0.2, 0.25) is 0 Å². The number of thioether (sulfide) groups is 2. The van der Waals surface area contributed by atoms with Crippen LogP contribution >= 0.6 is 23.5 Å². The van der Waals surface area contributed by atoms with Crippen molar-refractivity contribution in [3.05, 3.63) is 71.8 Å². The molecule has 2 amide bonds. The molecule has 2 aliphatic rings. The number of hydrazine groups is 1. The van der Waals surface area contributed by atoms with Crippen LogP contribution in [0.15, 0.2) is 60.7 Å². The zero-order valence-electron chi connectivity index (χ0n) is 17.7. The van der Waals surface area contributed by atoms with E-state index < -0.39 is 12.1 Å². The highest BCUT2D eigenvalue weighted by Crippen LogP contribution is 2.42. The van der Waals surface area contributed by atoms with Gasteiger partial charge in [-0.1, -0.05) is 48.5 Å². The van der Waals surface area contributed by atoms with E-state index in [1.165, 1.54) is 0 Å². The van der Waals surface area contributed by atoms with Crippen LogP contribution in [0.25, 0.3) is 0 Å². The molecule has 0 aliphatic carbocycles. The van der Waals surface area contributed by atoms with Crippen molar-refractivity contribution >= 4 is 41.3 Å². The normalized spacial score (nSPS) is 23.2. The molecule has 7 nitrogen and oxygen atoms in total. The summed E-state index contributed by atoms with van der Waals surface area (Å²) in [7, 11) is 0. The summed E-state index contributed by atoms with van der Waals surface area (Å²) in [4.78, 5) is 40.7. The average molecular weight is 472 g/mol. The van der Waals surface area contributed by atoms with E-state index in [2.05, 4.69) is 5.43 Å². The molecule has 0 aromatic heterocycles. The number of nitrogens with one attached hydrogen (secondary N) is 1. The molecule has 2 aromatic rings. The fourth-order valence-corrected chi connectivity index (χ4v) is 6.28. The third-order valence-corrected chi connectivity index (χ3v) is 7.67. The van der Waals surface area contributed by atoms with Crippen LogP contribution in [0.1, 0.15) is 28.2 Å². The van der Waals surface area contributed by atoms with Crippen LogP contribution in [0, 0.1) is 0 Å². The molecule has 9 heteroatoms. The Kier molecular flexibility index (Phi) is 7.39. The number of benzene rings is 2. The van der Waals surface area contributed by atoms with Crippen LogP contribution in [0.4, 0.5) is 0 Å². The summed E-state index contributed by atoms with van der Waals surface area (Å²) in [6, 6.07) is 17.5. The number of hydrogen-bond donors (Lipinski definition) is 1. The van der Waals surface area contributed by atoms with Crippen LogP contribution in [-0.4, -0.2) is 63.8 Å². The second-order valence-electron chi connectivity index (χ2n) is 7.40. The van der Waals surface area contributed by atoms with Crippen molar-refractivity contribution in [2.75, 3.05) is 24.0 Å². The Labute approximate surface area is 195 Å². The number of ether oxygens (including phenoxy) is 1. The molecule has 2 aromatic carbocycles. The maximum atomic E-state index is 13.5. The lowest BCUT2D eigenvalue weighted by atomic mass is 10.1. The Hall–Kier alpha value is -2.49. The molecule has 168 valence electrons. The summed E-state index contributed by atoms with van der Waals surface area (Å²) >= 11 is 3.12. The third-order valence-electron chi connectivity index (χ3n) is 5.34. The summed E-state index contributed by atoms with van der Waals surface area (Å²) in [6.07, 6.45) is 0. The maximum Gasteiger partial charge on any atom is 0.326 e. The smallest absolute Gasteiger partial charge is 0.326 e. The molecule has 3 atom stereocenters. The molecule has 0 saturated carbocycles. The lowest BCUT2D eigenvalue weighted by Crippen LogP contribution is -2.56. The fourth-order valence-electron chi connectivity index (χ4n) is 3.76. The predicted molar refractivity (Wildman–Crippen MR) is 126 cm³/mol. The van der Waals surface area contributed by atoms with Gasteiger partial charge in [-0.2, -0.15) is 5.01 Å². The van der Waals surface area contributed by atoms with Crippen molar-refractivity contribution in [2.24, 2.45) is 0 Å². The zero-order valence-corrected chi connectivity index (χ0v) is 19.3. The number of hydrogen-bond acceptors (Lipinski definition) is 7. The van der Waals surface area contributed by atoms with Crippen molar-refractivity contribution in [2.45, 2.75) is 24.4 Å². The second kappa shape index (κ2) is 10.4. The van der Waals surface area contributed by atoms with E-state index in [9.17, 15) is 14.4 Å². The Morgan fingerprint density at radius 1 is 1.00 bits per heavy atom. The van der Waals surface area contributed by atoms with Gasteiger partial charge in [0.25, 0.3) is 11.8 Å². The maximum absolute atomic E-state index is 13.5. The van der Waals surface area contributed by atoms with Crippen molar-refractivity contribution in [1.29, 1.82) is 0 Å². The molecule has 2 fully saturated rings. The molecule has 0 unspecified atom stereocenters. The van der Waals surface area contributed by atoms with Crippen molar-refractivity contribution in [1.82, 2.24) is 15.3 Å². The van der Waals surface area contributed by atoms with Gasteiger partial charge in [-0.05, 0) is 24.6 Å². The van der Waals surface area contributed by atoms with Gasteiger partial charge in [0.15, 0.2) is 0 Å². The summed E-state index contributed by atoms with van der Waals surface area (Å²) in [5, 5.41) is 1.35. The van der Waals surface area contributed by atoms with Crippen LogP contribution in [0.3, 0.4) is 0 Å². The van der Waals surface area contributed by atoms with Gasteiger partial charge in [-0.25, -0.2) is 0 Å². The molecular weight excluding hydrogens is 446 g/mol. The largest absolute Gasteiger partial charge is 0.465 e. The van der Waals surface area contributed by atoms with Crippen LogP contribution in [0.2, 0.25) is 0 Å². The standard InChI is InChI=1S/C23H25N3O4S2/c1-2-30-23(29)19-13-31-15-25(19)24-20(27)18-14-32-22(17-11-7-4-8-12-17)26(18)21(28)16-9-5-3-6-10-16/h3-12,18-19,22H,2,13-15H2,1H3,(H,24,27)/t18-,19-,22+/m0/s1. The quantitative estimate of drug-likeness (QED) is 0.649. The minimum absolute atomic E-state index is 0.192. The predicted octanol–water partition coefficient (Wildman–Crippen LogP) is 2.91. The third kappa shape index (κ3) is 4.79. The van der Waals surface area contributed by atoms with Gasteiger partial charge in [0, 0.05) is 17.1 Å². The van der Waals surface area contributed by atoms with Crippen LogP contribution in [-0.2, 0) is 14.3 Å². The summed E-state index contributed by atoms with van der Waals surface area (Å²) in [6.45, 7) is 2.05. The van der Waals surface area contributed by atoms with Gasteiger partial charge in [-0.3, -0.25) is 19.8 Å². The first kappa shape index (κ1) is 22.7. The van der Waals surface area contributed by atoms with Gasteiger partial charge in [-0.15, -0.1) is 23.5 Å². The highest BCUT2D eigenvalue weighted by atomic mass is 32.2. The summed E-state index contributed by atoms with van der Waals surface area (Å²) in [5.74, 6) is 0.675. The number of carbonyl (C=O) groups is 3. The molecular formula is C23H25N3O4S2. The Morgan fingerprint density at radius 3 is 2.38 bits per heavy atom. The number of carbonyl (C=O) groups excluding carboxylic acids is 3. The van der Waals surface area contributed by atoms with Crippen molar-refractivity contribution in [3.8, 4) is 0 Å². The highest BCUT2D eigenvalue weighted by Gasteiger charge is 2.44. The number of nitrogens with zero attached hydrogens (tertiary/aromatic N) is 2. The lowest BCUT2D eigenvalue weighted by Gasteiger charge is -2.31. The molecule has 2 saturated heterocycles. The molecule has 32 heavy (non-hydrogen) atoms. The highest BCUT2D eigenvalue weighted by molar-refractivity contribution is 8.00. The van der Waals surface area contributed by atoms with Gasteiger partial charge in [0.05, 0.1) is 12.5 Å².